The summed E-state index contributed by atoms with van der Waals surface area (Å²) in [5.41, 5.74) is 0.0339. The Morgan fingerprint density at radius 2 is 2.05 bits per heavy atom. The van der Waals surface area contributed by atoms with Gasteiger partial charge in [-0.1, -0.05) is 12.8 Å². The van der Waals surface area contributed by atoms with Crippen LogP contribution < -0.4 is 0 Å². The molecule has 1 aromatic rings. The monoisotopic (exact) mass is 281 g/mol. The maximum absolute atomic E-state index is 13.4. The van der Waals surface area contributed by atoms with E-state index in [1.165, 1.54) is 12.1 Å². The molecular formula is C14H16FNO4. The minimum Gasteiger partial charge on any atom is -0.481 e. The Labute approximate surface area is 115 Å². The summed E-state index contributed by atoms with van der Waals surface area (Å²) in [6, 6.07) is 3.28. The molecule has 1 N–H and O–H groups in total. The standard InChI is InChI=1S/C14H16FNO4/c15-11-5-9(6-12(8-11)16(19)20)7-13(14(17)18)10-3-1-2-4-10/h5-6,8,10,13H,1-4,7H2,(H,17,18). The van der Waals surface area contributed by atoms with Crippen LogP contribution in [0.15, 0.2) is 18.2 Å². The molecule has 1 saturated carbocycles. The van der Waals surface area contributed by atoms with Gasteiger partial charge in [0, 0.05) is 6.07 Å². The minimum absolute atomic E-state index is 0.0785. The number of rotatable bonds is 5. The third-order valence-corrected chi connectivity index (χ3v) is 3.89. The van der Waals surface area contributed by atoms with Gasteiger partial charge >= 0.3 is 5.97 Å². The Hall–Kier alpha value is -1.98. The predicted octanol–water partition coefficient (Wildman–Crippen LogP) is 3.17. The van der Waals surface area contributed by atoms with Crippen LogP contribution in [0, 0.1) is 27.8 Å². The number of nitrogens with zero attached hydrogens (tertiary/aromatic N) is 1. The van der Waals surface area contributed by atoms with Gasteiger partial charge in [0.25, 0.3) is 5.69 Å². The van der Waals surface area contributed by atoms with Gasteiger partial charge in [0.2, 0.25) is 0 Å². The Kier molecular flexibility index (Phi) is 4.32. The zero-order valence-electron chi connectivity index (χ0n) is 10.9. The number of carbonyl (C=O) groups is 1. The van der Waals surface area contributed by atoms with E-state index in [4.69, 9.17) is 0 Å². The molecule has 1 aromatic carbocycles. The molecule has 2 rings (SSSR count). The maximum atomic E-state index is 13.4. The van der Waals surface area contributed by atoms with Crippen LogP contribution >= 0.6 is 0 Å². The van der Waals surface area contributed by atoms with E-state index >= 15 is 0 Å². The van der Waals surface area contributed by atoms with Crippen LogP contribution in [0.2, 0.25) is 0 Å². The molecule has 6 heteroatoms. The fourth-order valence-electron chi connectivity index (χ4n) is 2.93. The van der Waals surface area contributed by atoms with Crippen LogP contribution in [-0.2, 0) is 11.2 Å². The van der Waals surface area contributed by atoms with Gasteiger partial charge in [-0.2, -0.15) is 0 Å². The van der Waals surface area contributed by atoms with Gasteiger partial charge in [-0.05, 0) is 36.8 Å². The van der Waals surface area contributed by atoms with Crippen molar-refractivity contribution in [3.05, 3.63) is 39.7 Å². The molecule has 0 aliphatic heterocycles. The van der Waals surface area contributed by atoms with Crippen molar-refractivity contribution in [2.45, 2.75) is 32.1 Å². The van der Waals surface area contributed by atoms with Gasteiger partial charge in [0.15, 0.2) is 0 Å². The average molecular weight is 281 g/mol. The van der Waals surface area contributed by atoms with E-state index in [0.29, 0.717) is 5.56 Å². The molecule has 0 saturated heterocycles. The van der Waals surface area contributed by atoms with Crippen molar-refractivity contribution in [1.82, 2.24) is 0 Å². The number of hydrogen-bond donors (Lipinski definition) is 1. The summed E-state index contributed by atoms with van der Waals surface area (Å²) in [4.78, 5) is 21.4. The first-order chi connectivity index (χ1) is 9.47. The molecule has 0 radical (unpaired) electrons. The third-order valence-electron chi connectivity index (χ3n) is 3.89. The van der Waals surface area contributed by atoms with Gasteiger partial charge in [0.1, 0.15) is 5.82 Å². The number of halogens is 1. The Balaban J connectivity index is 2.21. The molecule has 0 heterocycles. The molecule has 20 heavy (non-hydrogen) atoms. The highest BCUT2D eigenvalue weighted by atomic mass is 19.1. The smallest absolute Gasteiger partial charge is 0.307 e. The van der Waals surface area contributed by atoms with E-state index in [1.807, 2.05) is 0 Å². The zero-order chi connectivity index (χ0) is 14.7. The largest absolute Gasteiger partial charge is 0.481 e. The predicted molar refractivity (Wildman–Crippen MR) is 69.8 cm³/mol. The number of aliphatic carboxylic acids is 1. The van der Waals surface area contributed by atoms with Gasteiger partial charge in [0.05, 0.1) is 16.9 Å². The molecule has 0 amide bonds. The highest BCUT2D eigenvalue weighted by Crippen LogP contribution is 2.34. The van der Waals surface area contributed by atoms with Crippen LogP contribution in [0.3, 0.4) is 0 Å². The quantitative estimate of drug-likeness (QED) is 0.664. The fourth-order valence-corrected chi connectivity index (χ4v) is 2.93. The lowest BCUT2D eigenvalue weighted by Gasteiger charge is -2.19. The number of benzene rings is 1. The first-order valence-electron chi connectivity index (χ1n) is 6.64. The molecule has 0 aromatic heterocycles. The summed E-state index contributed by atoms with van der Waals surface area (Å²) >= 11 is 0. The third kappa shape index (κ3) is 3.31. The Bertz CT molecular complexity index is 526. The molecule has 1 unspecified atom stereocenters. The first kappa shape index (κ1) is 14.4. The normalized spacial score (nSPS) is 17.1. The SMILES string of the molecule is O=C(O)C(Cc1cc(F)cc([N+](=O)[O-])c1)C1CCCC1. The van der Waals surface area contributed by atoms with Crippen molar-refractivity contribution >= 4 is 11.7 Å². The van der Waals surface area contributed by atoms with Gasteiger partial charge in [-0.15, -0.1) is 0 Å². The summed E-state index contributed by atoms with van der Waals surface area (Å²) in [7, 11) is 0. The van der Waals surface area contributed by atoms with E-state index < -0.39 is 22.6 Å². The van der Waals surface area contributed by atoms with E-state index in [9.17, 15) is 24.4 Å². The molecule has 108 valence electrons. The zero-order valence-corrected chi connectivity index (χ0v) is 10.9. The van der Waals surface area contributed by atoms with Gasteiger partial charge in [-0.25, -0.2) is 4.39 Å². The first-order valence-corrected chi connectivity index (χ1v) is 6.64. The van der Waals surface area contributed by atoms with Gasteiger partial charge in [-0.3, -0.25) is 14.9 Å². The molecule has 0 bridgehead atoms. The van der Waals surface area contributed by atoms with E-state index in [2.05, 4.69) is 0 Å². The van der Waals surface area contributed by atoms with Crippen LogP contribution in [0.1, 0.15) is 31.2 Å². The molecule has 1 aliphatic carbocycles. The molecule has 1 atom stereocenters. The second kappa shape index (κ2) is 5.98. The summed E-state index contributed by atoms with van der Waals surface area (Å²) in [6.07, 6.45) is 3.87. The van der Waals surface area contributed by atoms with Crippen molar-refractivity contribution in [1.29, 1.82) is 0 Å². The molecular weight excluding hydrogens is 265 g/mol. The van der Waals surface area contributed by atoms with E-state index in [0.717, 1.165) is 31.7 Å². The summed E-state index contributed by atoms with van der Waals surface area (Å²) in [6.45, 7) is 0. The molecule has 5 nitrogen and oxygen atoms in total. The topological polar surface area (TPSA) is 80.4 Å². The van der Waals surface area contributed by atoms with E-state index in [-0.39, 0.29) is 18.0 Å². The Morgan fingerprint density at radius 1 is 1.40 bits per heavy atom. The van der Waals surface area contributed by atoms with Crippen LogP contribution in [-0.4, -0.2) is 16.0 Å². The average Bonchev–Trinajstić information content (AvgIpc) is 2.88. The summed E-state index contributed by atoms with van der Waals surface area (Å²) in [5.74, 6) is -2.14. The number of nitro benzene ring substituents is 1. The lowest BCUT2D eigenvalue weighted by atomic mass is 9.85. The number of nitro groups is 1. The maximum Gasteiger partial charge on any atom is 0.307 e. The lowest BCUT2D eigenvalue weighted by Crippen LogP contribution is -2.24. The molecule has 0 spiro atoms. The van der Waals surface area contributed by atoms with Crippen LogP contribution in [0.25, 0.3) is 0 Å². The Morgan fingerprint density at radius 3 is 2.60 bits per heavy atom. The summed E-state index contributed by atoms with van der Waals surface area (Å²) in [5, 5.41) is 20.0. The number of carboxylic acids is 1. The van der Waals surface area contributed by atoms with Crippen molar-refractivity contribution < 1.29 is 19.2 Å². The van der Waals surface area contributed by atoms with Crippen molar-refractivity contribution in [2.75, 3.05) is 0 Å². The molecule has 1 aliphatic rings. The highest BCUT2D eigenvalue weighted by molar-refractivity contribution is 5.71. The summed E-state index contributed by atoms with van der Waals surface area (Å²) < 4.78 is 13.4. The number of hydrogen-bond acceptors (Lipinski definition) is 3. The van der Waals surface area contributed by atoms with Crippen LogP contribution in [0.5, 0.6) is 0 Å². The fraction of sp³-hybridized carbons (Fsp3) is 0.500. The van der Waals surface area contributed by atoms with Crippen LogP contribution in [0.4, 0.5) is 10.1 Å². The van der Waals surface area contributed by atoms with Gasteiger partial charge < -0.3 is 5.11 Å². The molecule has 1 fully saturated rings. The highest BCUT2D eigenvalue weighted by Gasteiger charge is 2.31. The number of non-ortho nitro benzene ring substituents is 1. The van der Waals surface area contributed by atoms with Crippen molar-refractivity contribution in [2.24, 2.45) is 11.8 Å². The number of carboxylic acid groups (broad SMARTS) is 1. The van der Waals surface area contributed by atoms with E-state index in [1.54, 1.807) is 0 Å². The minimum atomic E-state index is -0.913. The second-order valence-electron chi connectivity index (χ2n) is 5.27. The van der Waals surface area contributed by atoms with Crippen molar-refractivity contribution in [3.63, 3.8) is 0 Å². The lowest BCUT2D eigenvalue weighted by molar-refractivity contribution is -0.385. The second-order valence-corrected chi connectivity index (χ2v) is 5.27. The van der Waals surface area contributed by atoms with Crippen molar-refractivity contribution in [3.8, 4) is 0 Å².